The van der Waals surface area contributed by atoms with Crippen LogP contribution >= 0.6 is 0 Å². The predicted octanol–water partition coefficient (Wildman–Crippen LogP) is 4.47. The van der Waals surface area contributed by atoms with Crippen molar-refractivity contribution >= 4 is 17.6 Å². The Morgan fingerprint density at radius 3 is 2.31 bits per heavy atom. The van der Waals surface area contributed by atoms with Crippen LogP contribution < -0.4 is 10.1 Å². The van der Waals surface area contributed by atoms with Gasteiger partial charge in [0, 0.05) is 0 Å². The third-order valence-corrected chi connectivity index (χ3v) is 4.49. The van der Waals surface area contributed by atoms with Crippen LogP contribution in [0.25, 0.3) is 0 Å². The summed E-state index contributed by atoms with van der Waals surface area (Å²) < 4.78 is 10.7. The maximum atomic E-state index is 12.7. The number of anilines is 1. The van der Waals surface area contributed by atoms with Crippen molar-refractivity contribution in [2.75, 3.05) is 12.4 Å². The highest BCUT2D eigenvalue weighted by Crippen LogP contribution is 2.23. The van der Waals surface area contributed by atoms with E-state index in [1.165, 1.54) is 7.11 Å². The lowest BCUT2D eigenvalue weighted by molar-refractivity contribution is -0.123. The highest BCUT2D eigenvalue weighted by atomic mass is 16.5. The van der Waals surface area contributed by atoms with Gasteiger partial charge < -0.3 is 14.8 Å². The topological polar surface area (TPSA) is 64.6 Å². The summed E-state index contributed by atoms with van der Waals surface area (Å²) in [5.41, 5.74) is 2.91. The van der Waals surface area contributed by atoms with E-state index in [-0.39, 0.29) is 0 Å². The molecule has 1 amide bonds. The summed E-state index contributed by atoms with van der Waals surface area (Å²) in [5, 5.41) is 2.73. The van der Waals surface area contributed by atoms with E-state index in [9.17, 15) is 9.59 Å². The zero-order valence-electron chi connectivity index (χ0n) is 16.4. The fourth-order valence-corrected chi connectivity index (χ4v) is 2.95. The maximum absolute atomic E-state index is 12.7. The minimum atomic E-state index is -0.961. The molecule has 0 aromatic heterocycles. The van der Waals surface area contributed by atoms with E-state index in [2.05, 4.69) is 5.32 Å². The molecule has 0 spiro atoms. The number of carbonyl (C=O) groups excluding carboxylic acids is 2. The Morgan fingerprint density at radius 1 is 0.897 bits per heavy atom. The minimum absolute atomic E-state index is 0.427. The second-order valence-corrected chi connectivity index (χ2v) is 6.56. The molecule has 1 unspecified atom stereocenters. The van der Waals surface area contributed by atoms with Gasteiger partial charge in [0.1, 0.15) is 5.75 Å². The molecule has 0 aliphatic carbocycles. The Labute approximate surface area is 170 Å². The van der Waals surface area contributed by atoms with E-state index in [0.29, 0.717) is 23.4 Å². The van der Waals surface area contributed by atoms with E-state index in [0.717, 1.165) is 11.1 Å². The lowest BCUT2D eigenvalue weighted by Crippen LogP contribution is -2.30. The Morgan fingerprint density at radius 2 is 1.55 bits per heavy atom. The summed E-state index contributed by atoms with van der Waals surface area (Å²) in [6.07, 6.45) is -0.356. The van der Waals surface area contributed by atoms with E-state index < -0.39 is 18.0 Å². The molecule has 1 N–H and O–H groups in total. The molecule has 0 heterocycles. The molecule has 0 saturated heterocycles. The Kier molecular flexibility index (Phi) is 6.63. The van der Waals surface area contributed by atoms with Crippen LogP contribution in [0.4, 0.5) is 5.69 Å². The average molecular weight is 389 g/mol. The largest absolute Gasteiger partial charge is 0.495 e. The number of benzene rings is 3. The number of hydrogen-bond acceptors (Lipinski definition) is 4. The van der Waals surface area contributed by atoms with Crippen molar-refractivity contribution in [3.63, 3.8) is 0 Å². The number of carbonyl (C=O) groups is 2. The molecule has 0 aliphatic heterocycles. The quantitative estimate of drug-likeness (QED) is 0.606. The molecule has 0 aliphatic rings. The molecule has 5 nitrogen and oxygen atoms in total. The standard InChI is InChI=1S/C24H23NO4/c1-17(23(26)25-21-14-8-9-15-22(21)28-2)29-24(27)20-13-7-6-12-19(20)16-18-10-4-3-5-11-18/h3-15,17H,16H2,1-2H3,(H,25,26). The van der Waals surface area contributed by atoms with E-state index in [1.807, 2.05) is 48.5 Å². The number of hydrogen-bond donors (Lipinski definition) is 1. The number of methoxy groups -OCH3 is 1. The van der Waals surface area contributed by atoms with Crippen molar-refractivity contribution in [3.05, 3.63) is 95.6 Å². The van der Waals surface area contributed by atoms with Gasteiger partial charge >= 0.3 is 5.97 Å². The molecule has 29 heavy (non-hydrogen) atoms. The van der Waals surface area contributed by atoms with Crippen LogP contribution in [0.2, 0.25) is 0 Å². The molecule has 148 valence electrons. The number of para-hydroxylation sites is 2. The van der Waals surface area contributed by atoms with Crippen molar-refractivity contribution in [1.29, 1.82) is 0 Å². The van der Waals surface area contributed by atoms with Crippen LogP contribution in [-0.4, -0.2) is 25.1 Å². The summed E-state index contributed by atoms with van der Waals surface area (Å²) in [6.45, 7) is 1.54. The van der Waals surface area contributed by atoms with Crippen LogP contribution in [0.5, 0.6) is 5.75 Å². The van der Waals surface area contributed by atoms with Crippen LogP contribution in [0, 0.1) is 0 Å². The Balaban J connectivity index is 1.69. The van der Waals surface area contributed by atoms with Crippen molar-refractivity contribution in [2.24, 2.45) is 0 Å². The van der Waals surface area contributed by atoms with Crippen molar-refractivity contribution in [1.82, 2.24) is 0 Å². The zero-order chi connectivity index (χ0) is 20.6. The van der Waals surface area contributed by atoms with Gasteiger partial charge in [0.05, 0.1) is 18.4 Å². The predicted molar refractivity (Wildman–Crippen MR) is 112 cm³/mol. The van der Waals surface area contributed by atoms with Crippen molar-refractivity contribution in [2.45, 2.75) is 19.4 Å². The van der Waals surface area contributed by atoms with Gasteiger partial charge in [-0.1, -0.05) is 60.7 Å². The second kappa shape index (κ2) is 9.55. The summed E-state index contributed by atoms with van der Waals surface area (Å²) in [7, 11) is 1.53. The third kappa shape index (κ3) is 5.23. The molecule has 1 atom stereocenters. The first-order valence-electron chi connectivity index (χ1n) is 9.35. The van der Waals surface area contributed by atoms with Crippen LogP contribution in [0.1, 0.15) is 28.4 Å². The van der Waals surface area contributed by atoms with Crippen molar-refractivity contribution < 1.29 is 19.1 Å². The zero-order valence-corrected chi connectivity index (χ0v) is 16.4. The molecular formula is C24H23NO4. The SMILES string of the molecule is COc1ccccc1NC(=O)C(C)OC(=O)c1ccccc1Cc1ccccc1. The van der Waals surface area contributed by atoms with Gasteiger partial charge in [-0.3, -0.25) is 4.79 Å². The normalized spacial score (nSPS) is 11.4. The second-order valence-electron chi connectivity index (χ2n) is 6.56. The summed E-state index contributed by atoms with van der Waals surface area (Å²) in [4.78, 5) is 25.2. The molecule has 0 fully saturated rings. The van der Waals surface area contributed by atoms with Gasteiger partial charge in [0.2, 0.25) is 0 Å². The molecular weight excluding hydrogens is 366 g/mol. The number of nitrogens with one attached hydrogen (secondary N) is 1. The molecule has 3 rings (SSSR count). The van der Waals surface area contributed by atoms with Gasteiger partial charge in [-0.15, -0.1) is 0 Å². The van der Waals surface area contributed by atoms with E-state index in [4.69, 9.17) is 9.47 Å². The van der Waals surface area contributed by atoms with Crippen LogP contribution in [-0.2, 0) is 16.0 Å². The van der Waals surface area contributed by atoms with E-state index in [1.54, 1.807) is 37.3 Å². The minimum Gasteiger partial charge on any atom is -0.495 e. The van der Waals surface area contributed by atoms with Crippen LogP contribution in [0.3, 0.4) is 0 Å². The van der Waals surface area contributed by atoms with Gasteiger partial charge in [0.25, 0.3) is 5.91 Å². The molecule has 0 radical (unpaired) electrons. The lowest BCUT2D eigenvalue weighted by Gasteiger charge is -2.16. The lowest BCUT2D eigenvalue weighted by atomic mass is 10.00. The number of rotatable bonds is 7. The first-order valence-corrected chi connectivity index (χ1v) is 9.35. The first-order chi connectivity index (χ1) is 14.1. The van der Waals surface area contributed by atoms with Gasteiger partial charge in [0.15, 0.2) is 6.10 Å². The molecule has 0 saturated carbocycles. The van der Waals surface area contributed by atoms with E-state index >= 15 is 0 Å². The summed E-state index contributed by atoms with van der Waals surface area (Å²) in [5.74, 6) is -0.421. The summed E-state index contributed by atoms with van der Waals surface area (Å²) in [6, 6.07) is 24.2. The smallest absolute Gasteiger partial charge is 0.339 e. The number of ether oxygens (including phenoxy) is 2. The molecule has 3 aromatic carbocycles. The fraction of sp³-hybridized carbons (Fsp3) is 0.167. The molecule has 3 aromatic rings. The average Bonchev–Trinajstić information content (AvgIpc) is 2.75. The van der Waals surface area contributed by atoms with Gasteiger partial charge in [-0.2, -0.15) is 0 Å². The summed E-state index contributed by atoms with van der Waals surface area (Å²) >= 11 is 0. The fourth-order valence-electron chi connectivity index (χ4n) is 2.95. The monoisotopic (exact) mass is 389 g/mol. The maximum Gasteiger partial charge on any atom is 0.339 e. The number of esters is 1. The molecule has 0 bridgehead atoms. The van der Waals surface area contributed by atoms with Crippen LogP contribution in [0.15, 0.2) is 78.9 Å². The third-order valence-electron chi connectivity index (χ3n) is 4.49. The van der Waals surface area contributed by atoms with Crippen molar-refractivity contribution in [3.8, 4) is 5.75 Å². The highest BCUT2D eigenvalue weighted by molar-refractivity contribution is 5.98. The first kappa shape index (κ1) is 20.1. The molecule has 5 heteroatoms. The number of amides is 1. The Bertz CT molecular complexity index is 985. The highest BCUT2D eigenvalue weighted by Gasteiger charge is 2.21. The Hall–Kier alpha value is -3.60. The van der Waals surface area contributed by atoms with Gasteiger partial charge in [-0.05, 0) is 42.7 Å². The van der Waals surface area contributed by atoms with Gasteiger partial charge in [-0.25, -0.2) is 4.79 Å².